The molecule has 0 saturated carbocycles. The van der Waals surface area contributed by atoms with E-state index >= 15 is 0 Å². The predicted octanol–water partition coefficient (Wildman–Crippen LogP) is 1.79. The number of ether oxygens (including phenoxy) is 2. The van der Waals surface area contributed by atoms with Gasteiger partial charge in [-0.1, -0.05) is 13.8 Å². The lowest BCUT2D eigenvalue weighted by Crippen LogP contribution is -2.38. The predicted molar refractivity (Wildman–Crippen MR) is 80.5 cm³/mol. The summed E-state index contributed by atoms with van der Waals surface area (Å²) in [6.45, 7) is 5.52. The van der Waals surface area contributed by atoms with Crippen LogP contribution in [-0.4, -0.2) is 37.6 Å². The second-order valence-electron chi connectivity index (χ2n) is 5.25. The lowest BCUT2D eigenvalue weighted by molar-refractivity contribution is -0.125. The Labute approximate surface area is 129 Å². The number of carbonyl (C=O) groups excluding carboxylic acids is 3. The maximum atomic E-state index is 11.8. The van der Waals surface area contributed by atoms with Gasteiger partial charge in [0.15, 0.2) is 6.61 Å². The summed E-state index contributed by atoms with van der Waals surface area (Å²) in [6.07, 6.45) is 0. The van der Waals surface area contributed by atoms with Crippen LogP contribution in [0.4, 0.5) is 0 Å². The molecule has 1 rings (SSSR count). The van der Waals surface area contributed by atoms with E-state index in [4.69, 9.17) is 4.74 Å². The van der Waals surface area contributed by atoms with Crippen LogP contribution in [-0.2, 0) is 14.3 Å². The molecule has 0 aliphatic carbocycles. The number of benzene rings is 1. The summed E-state index contributed by atoms with van der Waals surface area (Å²) in [4.78, 5) is 34.7. The first kappa shape index (κ1) is 17.7. The molecule has 0 aliphatic rings. The van der Waals surface area contributed by atoms with Crippen molar-refractivity contribution in [1.82, 2.24) is 5.32 Å². The van der Waals surface area contributed by atoms with Gasteiger partial charge in [-0.2, -0.15) is 0 Å². The molecule has 0 saturated heterocycles. The van der Waals surface area contributed by atoms with Gasteiger partial charge in [0.1, 0.15) is 0 Å². The number of rotatable bonds is 6. The molecule has 0 aliphatic heterocycles. The molecular formula is C16H21NO5. The number of amides is 1. The number of nitrogens with one attached hydrogen (secondary N) is 1. The van der Waals surface area contributed by atoms with Gasteiger partial charge < -0.3 is 14.8 Å². The van der Waals surface area contributed by atoms with Gasteiger partial charge in [0.25, 0.3) is 5.91 Å². The van der Waals surface area contributed by atoms with Gasteiger partial charge in [0, 0.05) is 6.04 Å². The van der Waals surface area contributed by atoms with E-state index in [1.165, 1.54) is 31.4 Å². The van der Waals surface area contributed by atoms with E-state index in [-0.39, 0.29) is 24.1 Å². The number of hydrogen-bond donors (Lipinski definition) is 1. The molecule has 1 N–H and O–H groups in total. The van der Waals surface area contributed by atoms with Crippen LogP contribution in [0, 0.1) is 5.92 Å². The third-order valence-corrected chi connectivity index (χ3v) is 3.26. The summed E-state index contributed by atoms with van der Waals surface area (Å²) in [5, 5.41) is 2.74. The van der Waals surface area contributed by atoms with Gasteiger partial charge in [-0.05, 0) is 37.1 Å². The normalized spacial score (nSPS) is 11.7. The number of carbonyl (C=O) groups is 3. The Morgan fingerprint density at radius 1 is 1.00 bits per heavy atom. The fourth-order valence-corrected chi connectivity index (χ4v) is 1.54. The average molecular weight is 307 g/mol. The molecular weight excluding hydrogens is 286 g/mol. The van der Waals surface area contributed by atoms with Crippen molar-refractivity contribution in [3.8, 4) is 0 Å². The minimum atomic E-state index is -0.622. The standard InChI is InChI=1S/C16H21NO5/c1-10(2)11(3)17-14(18)9-22-16(20)13-7-5-12(6-8-13)15(19)21-4/h5-8,10-11H,9H2,1-4H3,(H,17,18)/t11-/m0/s1. The molecule has 0 fully saturated rings. The van der Waals surface area contributed by atoms with Gasteiger partial charge in [0.05, 0.1) is 18.2 Å². The zero-order valence-electron chi connectivity index (χ0n) is 13.2. The van der Waals surface area contributed by atoms with Crippen molar-refractivity contribution in [3.05, 3.63) is 35.4 Å². The molecule has 1 amide bonds. The van der Waals surface area contributed by atoms with Crippen LogP contribution in [0.25, 0.3) is 0 Å². The minimum absolute atomic E-state index is 0.00513. The Morgan fingerprint density at radius 2 is 1.50 bits per heavy atom. The maximum absolute atomic E-state index is 11.8. The number of esters is 2. The molecule has 0 bridgehead atoms. The average Bonchev–Trinajstić information content (AvgIpc) is 2.51. The summed E-state index contributed by atoms with van der Waals surface area (Å²) in [7, 11) is 1.28. The lowest BCUT2D eigenvalue weighted by atomic mass is 10.1. The fraction of sp³-hybridized carbons (Fsp3) is 0.438. The summed E-state index contributed by atoms with van der Waals surface area (Å²) >= 11 is 0. The molecule has 120 valence electrons. The molecule has 6 nitrogen and oxygen atoms in total. The topological polar surface area (TPSA) is 81.7 Å². The quantitative estimate of drug-likeness (QED) is 0.810. The molecule has 1 aromatic carbocycles. The zero-order valence-corrected chi connectivity index (χ0v) is 13.2. The summed E-state index contributed by atoms with van der Waals surface area (Å²) < 4.78 is 9.49. The summed E-state index contributed by atoms with van der Waals surface area (Å²) in [5.74, 6) is -1.16. The fourth-order valence-electron chi connectivity index (χ4n) is 1.54. The van der Waals surface area contributed by atoms with Gasteiger partial charge in [0.2, 0.25) is 0 Å². The smallest absolute Gasteiger partial charge is 0.338 e. The van der Waals surface area contributed by atoms with Crippen LogP contribution < -0.4 is 5.32 Å². The first-order valence-corrected chi connectivity index (χ1v) is 7.00. The highest BCUT2D eigenvalue weighted by Gasteiger charge is 2.14. The molecule has 0 aromatic heterocycles. The molecule has 0 heterocycles. The van der Waals surface area contributed by atoms with Gasteiger partial charge in [-0.25, -0.2) is 9.59 Å². The van der Waals surface area contributed by atoms with Crippen LogP contribution in [0.3, 0.4) is 0 Å². The van der Waals surface area contributed by atoms with E-state index in [1.54, 1.807) is 0 Å². The Kier molecular flexibility index (Phi) is 6.56. The molecule has 0 spiro atoms. The third kappa shape index (κ3) is 5.20. The van der Waals surface area contributed by atoms with Crippen molar-refractivity contribution >= 4 is 17.8 Å². The van der Waals surface area contributed by atoms with Crippen molar-refractivity contribution in [2.24, 2.45) is 5.92 Å². The number of hydrogen-bond acceptors (Lipinski definition) is 5. The summed E-state index contributed by atoms with van der Waals surface area (Å²) in [6, 6.07) is 5.82. The van der Waals surface area contributed by atoms with Crippen molar-refractivity contribution < 1.29 is 23.9 Å². The maximum Gasteiger partial charge on any atom is 0.338 e. The minimum Gasteiger partial charge on any atom is -0.465 e. The highest BCUT2D eigenvalue weighted by Crippen LogP contribution is 2.07. The highest BCUT2D eigenvalue weighted by molar-refractivity contribution is 5.94. The first-order chi connectivity index (χ1) is 10.3. The molecule has 6 heteroatoms. The second kappa shape index (κ2) is 8.17. The van der Waals surface area contributed by atoms with Gasteiger partial charge >= 0.3 is 11.9 Å². The van der Waals surface area contributed by atoms with Crippen molar-refractivity contribution in [2.45, 2.75) is 26.8 Å². The largest absolute Gasteiger partial charge is 0.465 e. The molecule has 0 unspecified atom stereocenters. The van der Waals surface area contributed by atoms with E-state index in [2.05, 4.69) is 10.1 Å². The molecule has 0 radical (unpaired) electrons. The molecule has 22 heavy (non-hydrogen) atoms. The molecule has 1 atom stereocenters. The van der Waals surface area contributed by atoms with Crippen molar-refractivity contribution in [2.75, 3.05) is 13.7 Å². The van der Waals surface area contributed by atoms with Crippen LogP contribution in [0.1, 0.15) is 41.5 Å². The van der Waals surface area contributed by atoms with E-state index in [0.29, 0.717) is 11.5 Å². The monoisotopic (exact) mass is 307 g/mol. The highest BCUT2D eigenvalue weighted by atomic mass is 16.5. The van der Waals surface area contributed by atoms with Crippen LogP contribution in [0.5, 0.6) is 0 Å². The molecule has 1 aromatic rings. The van der Waals surface area contributed by atoms with Crippen molar-refractivity contribution in [3.63, 3.8) is 0 Å². The van der Waals surface area contributed by atoms with E-state index in [9.17, 15) is 14.4 Å². The zero-order chi connectivity index (χ0) is 16.7. The SMILES string of the molecule is COC(=O)c1ccc(C(=O)OCC(=O)N[C@@H](C)C(C)C)cc1. The third-order valence-electron chi connectivity index (χ3n) is 3.26. The lowest BCUT2D eigenvalue weighted by Gasteiger charge is -2.17. The number of methoxy groups -OCH3 is 1. The van der Waals surface area contributed by atoms with Crippen LogP contribution in [0.15, 0.2) is 24.3 Å². The van der Waals surface area contributed by atoms with E-state index < -0.39 is 11.9 Å². The second-order valence-corrected chi connectivity index (χ2v) is 5.25. The Balaban J connectivity index is 2.52. The van der Waals surface area contributed by atoms with Crippen molar-refractivity contribution in [1.29, 1.82) is 0 Å². The Hall–Kier alpha value is -2.37. The Bertz CT molecular complexity index is 536. The summed E-state index contributed by atoms with van der Waals surface area (Å²) in [5.41, 5.74) is 0.597. The van der Waals surface area contributed by atoms with E-state index in [0.717, 1.165) is 0 Å². The van der Waals surface area contributed by atoms with E-state index in [1.807, 2.05) is 20.8 Å². The first-order valence-electron chi connectivity index (χ1n) is 7.00. The van der Waals surface area contributed by atoms with Crippen LogP contribution in [0.2, 0.25) is 0 Å². The van der Waals surface area contributed by atoms with Crippen LogP contribution >= 0.6 is 0 Å². The Morgan fingerprint density at radius 3 is 1.95 bits per heavy atom. The van der Waals surface area contributed by atoms with Gasteiger partial charge in [-0.15, -0.1) is 0 Å². The van der Waals surface area contributed by atoms with Gasteiger partial charge in [-0.3, -0.25) is 4.79 Å².